The lowest BCUT2D eigenvalue weighted by molar-refractivity contribution is 0.0856. The summed E-state index contributed by atoms with van der Waals surface area (Å²) in [7, 11) is 3.93. The Labute approximate surface area is 126 Å². The molecule has 0 amide bonds. The third-order valence-corrected chi connectivity index (χ3v) is 4.47. The van der Waals surface area contributed by atoms with Crippen LogP contribution in [0.15, 0.2) is 16.6 Å². The van der Waals surface area contributed by atoms with E-state index < -0.39 is 17.7 Å². The van der Waals surface area contributed by atoms with Crippen molar-refractivity contribution in [2.45, 2.75) is 12.1 Å². The zero-order valence-electron chi connectivity index (χ0n) is 11.5. The van der Waals surface area contributed by atoms with Gasteiger partial charge in [0.25, 0.3) is 0 Å². The van der Waals surface area contributed by atoms with E-state index in [1.54, 1.807) is 0 Å². The van der Waals surface area contributed by atoms with Crippen LogP contribution in [0.25, 0.3) is 0 Å². The molecule has 1 heterocycles. The maximum absolute atomic E-state index is 14.3. The summed E-state index contributed by atoms with van der Waals surface area (Å²) in [6.07, 6.45) is 0. The van der Waals surface area contributed by atoms with E-state index in [-0.39, 0.29) is 16.1 Å². The highest BCUT2D eigenvalue weighted by molar-refractivity contribution is 9.10. The van der Waals surface area contributed by atoms with Crippen molar-refractivity contribution in [3.63, 3.8) is 0 Å². The second-order valence-corrected chi connectivity index (χ2v) is 6.07. The molecule has 1 saturated heterocycles. The van der Waals surface area contributed by atoms with E-state index in [2.05, 4.69) is 31.2 Å². The predicted molar refractivity (Wildman–Crippen MR) is 78.0 cm³/mol. The van der Waals surface area contributed by atoms with Crippen LogP contribution in [0, 0.1) is 11.6 Å². The third-order valence-electron chi connectivity index (χ3n) is 3.85. The van der Waals surface area contributed by atoms with E-state index in [0.29, 0.717) is 6.54 Å². The van der Waals surface area contributed by atoms with E-state index in [9.17, 15) is 8.78 Å². The Morgan fingerprint density at radius 3 is 2.70 bits per heavy atom. The third kappa shape index (κ3) is 3.01. The van der Waals surface area contributed by atoms with E-state index >= 15 is 0 Å². The average molecular weight is 349 g/mol. The molecular weight excluding hydrogens is 330 g/mol. The molecule has 1 aliphatic rings. The van der Waals surface area contributed by atoms with Crippen molar-refractivity contribution >= 4 is 15.9 Å². The number of likely N-dealkylation sites (N-methyl/N-ethyl adjacent to an activating group) is 2. The van der Waals surface area contributed by atoms with Crippen molar-refractivity contribution in [1.29, 1.82) is 0 Å². The number of nitrogens with two attached hydrogens (primary N) is 1. The smallest absolute Gasteiger partial charge is 0.145 e. The highest BCUT2D eigenvalue weighted by atomic mass is 79.9. The number of hydrogen-bond donors (Lipinski definition) is 2. The van der Waals surface area contributed by atoms with Crippen LogP contribution in [0.5, 0.6) is 0 Å². The van der Waals surface area contributed by atoms with Crippen molar-refractivity contribution < 1.29 is 8.78 Å². The number of piperazine rings is 1. The van der Waals surface area contributed by atoms with Crippen LogP contribution in [0.3, 0.4) is 0 Å². The quantitative estimate of drug-likeness (QED) is 0.493. The molecule has 2 rings (SSSR count). The van der Waals surface area contributed by atoms with Crippen molar-refractivity contribution in [3.8, 4) is 0 Å². The van der Waals surface area contributed by atoms with E-state index in [0.717, 1.165) is 13.1 Å². The van der Waals surface area contributed by atoms with Gasteiger partial charge in [-0.1, -0.05) is 0 Å². The minimum absolute atomic E-state index is 0.0194. The number of halogens is 3. The Bertz CT molecular complexity index is 486. The largest absolute Gasteiger partial charge is 0.303 e. The van der Waals surface area contributed by atoms with Crippen LogP contribution in [-0.4, -0.2) is 49.6 Å². The van der Waals surface area contributed by atoms with Gasteiger partial charge in [-0.2, -0.15) is 0 Å². The van der Waals surface area contributed by atoms with E-state index in [1.165, 1.54) is 12.1 Å². The van der Waals surface area contributed by atoms with Gasteiger partial charge < -0.3 is 4.90 Å². The summed E-state index contributed by atoms with van der Waals surface area (Å²) in [4.78, 5) is 4.20. The molecule has 0 aliphatic carbocycles. The Balaban J connectivity index is 2.39. The molecule has 112 valence electrons. The first-order valence-electron chi connectivity index (χ1n) is 6.44. The second kappa shape index (κ2) is 6.44. The fourth-order valence-electron chi connectivity index (χ4n) is 2.62. The number of nitrogens with zero attached hydrogens (tertiary/aromatic N) is 2. The van der Waals surface area contributed by atoms with Gasteiger partial charge >= 0.3 is 0 Å². The monoisotopic (exact) mass is 348 g/mol. The lowest BCUT2D eigenvalue weighted by Crippen LogP contribution is -2.56. The topological polar surface area (TPSA) is 44.5 Å². The van der Waals surface area contributed by atoms with Gasteiger partial charge in [-0.05, 0) is 42.2 Å². The lowest BCUT2D eigenvalue weighted by atomic mass is 9.96. The molecule has 0 saturated carbocycles. The van der Waals surface area contributed by atoms with Gasteiger partial charge in [-0.3, -0.25) is 16.2 Å². The molecule has 4 nitrogen and oxygen atoms in total. The summed E-state index contributed by atoms with van der Waals surface area (Å²) in [5.74, 6) is 4.40. The highest BCUT2D eigenvalue weighted by Gasteiger charge is 2.34. The number of benzene rings is 1. The predicted octanol–water partition coefficient (Wildman–Crippen LogP) is 1.48. The minimum atomic E-state index is -0.611. The summed E-state index contributed by atoms with van der Waals surface area (Å²) in [5, 5.41) is 0. The summed E-state index contributed by atoms with van der Waals surface area (Å²) in [5.41, 5.74) is 2.56. The fourth-order valence-corrected chi connectivity index (χ4v) is 2.96. The fraction of sp³-hybridized carbons (Fsp3) is 0.538. The van der Waals surface area contributed by atoms with Crippen LogP contribution < -0.4 is 11.3 Å². The Kier molecular flexibility index (Phi) is 5.09. The maximum Gasteiger partial charge on any atom is 0.145 e. The van der Waals surface area contributed by atoms with Gasteiger partial charge in [0.2, 0.25) is 0 Å². The lowest BCUT2D eigenvalue weighted by Gasteiger charge is -2.41. The summed E-state index contributed by atoms with van der Waals surface area (Å²) < 4.78 is 28.6. The molecule has 0 bridgehead atoms. The van der Waals surface area contributed by atoms with Gasteiger partial charge in [-0.25, -0.2) is 8.78 Å². The summed E-state index contributed by atoms with van der Waals surface area (Å²) >= 11 is 3.09. The molecular formula is C13H19BrF2N4. The van der Waals surface area contributed by atoms with Crippen LogP contribution in [0.4, 0.5) is 8.78 Å². The molecule has 2 atom stereocenters. The zero-order chi connectivity index (χ0) is 14.9. The molecule has 0 aromatic heterocycles. The molecule has 20 heavy (non-hydrogen) atoms. The van der Waals surface area contributed by atoms with Crippen molar-refractivity contribution in [3.05, 3.63) is 33.8 Å². The number of hydrogen-bond acceptors (Lipinski definition) is 4. The normalized spacial score (nSPS) is 23.0. The molecule has 2 unspecified atom stereocenters. The van der Waals surface area contributed by atoms with E-state index in [1.807, 2.05) is 14.1 Å². The molecule has 3 N–H and O–H groups in total. The Morgan fingerprint density at radius 1 is 1.35 bits per heavy atom. The van der Waals surface area contributed by atoms with Gasteiger partial charge in [-0.15, -0.1) is 0 Å². The van der Waals surface area contributed by atoms with E-state index in [4.69, 9.17) is 5.84 Å². The van der Waals surface area contributed by atoms with Crippen molar-refractivity contribution in [1.82, 2.24) is 15.2 Å². The number of nitrogens with one attached hydrogen (secondary N) is 1. The molecule has 7 heteroatoms. The van der Waals surface area contributed by atoms with Gasteiger partial charge in [0.05, 0.1) is 10.5 Å². The molecule has 0 spiro atoms. The van der Waals surface area contributed by atoms with Crippen LogP contribution in [0.2, 0.25) is 0 Å². The first-order chi connectivity index (χ1) is 9.45. The minimum Gasteiger partial charge on any atom is -0.303 e. The average Bonchev–Trinajstić information content (AvgIpc) is 2.42. The first kappa shape index (κ1) is 15.8. The molecule has 0 radical (unpaired) electrons. The number of rotatable bonds is 3. The van der Waals surface area contributed by atoms with Crippen LogP contribution in [-0.2, 0) is 0 Å². The van der Waals surface area contributed by atoms with Crippen LogP contribution >= 0.6 is 15.9 Å². The molecule has 1 aromatic carbocycles. The van der Waals surface area contributed by atoms with Gasteiger partial charge in [0, 0.05) is 31.2 Å². The Hall–Kier alpha value is -0.600. The molecule has 1 fully saturated rings. The molecule has 1 aromatic rings. The SMILES string of the molecule is CN1CCN(C)C(C(NN)c2c(F)ccc(Br)c2F)C1. The van der Waals surface area contributed by atoms with Crippen molar-refractivity contribution in [2.75, 3.05) is 33.7 Å². The standard InChI is InChI=1S/C13H19BrF2N4/c1-19-5-6-20(2)10(7-19)13(18-17)11-9(15)4-3-8(14)12(11)16/h3-4,10,13,18H,5-7,17H2,1-2H3. The molecule has 1 aliphatic heterocycles. The zero-order valence-corrected chi connectivity index (χ0v) is 13.1. The summed E-state index contributed by atoms with van der Waals surface area (Å²) in [6, 6.07) is 1.90. The van der Waals surface area contributed by atoms with Crippen LogP contribution in [0.1, 0.15) is 11.6 Å². The first-order valence-corrected chi connectivity index (χ1v) is 7.23. The maximum atomic E-state index is 14.3. The van der Waals surface area contributed by atoms with Crippen molar-refractivity contribution in [2.24, 2.45) is 5.84 Å². The highest BCUT2D eigenvalue weighted by Crippen LogP contribution is 2.30. The Morgan fingerprint density at radius 2 is 2.05 bits per heavy atom. The van der Waals surface area contributed by atoms with Gasteiger partial charge in [0.1, 0.15) is 11.6 Å². The second-order valence-electron chi connectivity index (χ2n) is 5.21. The summed E-state index contributed by atoms with van der Waals surface area (Å²) in [6.45, 7) is 2.45. The number of hydrazine groups is 1. The van der Waals surface area contributed by atoms with Gasteiger partial charge in [0.15, 0.2) is 0 Å².